The van der Waals surface area contributed by atoms with Crippen LogP contribution in [0.5, 0.6) is 0 Å². The fourth-order valence-corrected chi connectivity index (χ4v) is 4.96. The van der Waals surface area contributed by atoms with Gasteiger partial charge in [-0.15, -0.1) is 0 Å². The zero-order valence-corrected chi connectivity index (χ0v) is 20.1. The van der Waals surface area contributed by atoms with Crippen LogP contribution in [0.15, 0.2) is 95.9 Å². The molecule has 3 rings (SSSR count). The van der Waals surface area contributed by atoms with Crippen LogP contribution in [0.3, 0.4) is 0 Å². The van der Waals surface area contributed by atoms with Crippen molar-refractivity contribution in [1.29, 1.82) is 0 Å². The number of nitrogens with one attached hydrogen (secondary N) is 1. The molecule has 0 saturated heterocycles. The summed E-state index contributed by atoms with van der Waals surface area (Å²) < 4.78 is 28.2. The van der Waals surface area contributed by atoms with Crippen molar-refractivity contribution in [3.8, 4) is 0 Å². The van der Waals surface area contributed by atoms with E-state index in [0.29, 0.717) is 12.2 Å². The van der Waals surface area contributed by atoms with Crippen LogP contribution in [0.1, 0.15) is 19.4 Å². The molecule has 1 N–H and O–H groups in total. The number of rotatable bonds is 10. The Morgan fingerprint density at radius 2 is 1.38 bits per heavy atom. The zero-order valence-electron chi connectivity index (χ0n) is 19.3. The van der Waals surface area contributed by atoms with Gasteiger partial charge in [0.15, 0.2) is 0 Å². The SMILES string of the molecule is CCNC(=O)[C@@H](C)N(Cc1ccccc1)C(=O)CN(c1ccccc1)S(=O)(=O)c1ccccc1. The highest BCUT2D eigenvalue weighted by Crippen LogP contribution is 2.24. The van der Waals surface area contributed by atoms with Crippen molar-refractivity contribution in [2.24, 2.45) is 0 Å². The molecule has 0 unspecified atom stereocenters. The fourth-order valence-electron chi connectivity index (χ4n) is 3.53. The Kier molecular flexibility index (Phi) is 8.43. The lowest BCUT2D eigenvalue weighted by atomic mass is 10.1. The number of likely N-dealkylation sites (N-methyl/N-ethyl adjacent to an activating group) is 1. The molecule has 2 amide bonds. The van der Waals surface area contributed by atoms with E-state index in [-0.39, 0.29) is 17.3 Å². The molecule has 0 spiro atoms. The fraction of sp³-hybridized carbons (Fsp3) is 0.231. The summed E-state index contributed by atoms with van der Waals surface area (Å²) in [7, 11) is -4.03. The number of sulfonamides is 1. The molecular weight excluding hydrogens is 450 g/mol. The predicted molar refractivity (Wildman–Crippen MR) is 133 cm³/mol. The van der Waals surface area contributed by atoms with Gasteiger partial charge in [-0.1, -0.05) is 66.7 Å². The summed E-state index contributed by atoms with van der Waals surface area (Å²) in [6.07, 6.45) is 0. The van der Waals surface area contributed by atoms with Crippen LogP contribution in [0.2, 0.25) is 0 Å². The third-order valence-electron chi connectivity index (χ3n) is 5.37. The van der Waals surface area contributed by atoms with Gasteiger partial charge in [-0.25, -0.2) is 8.42 Å². The van der Waals surface area contributed by atoms with E-state index in [0.717, 1.165) is 9.87 Å². The minimum atomic E-state index is -4.03. The third kappa shape index (κ3) is 6.02. The lowest BCUT2D eigenvalue weighted by Gasteiger charge is -2.32. The van der Waals surface area contributed by atoms with Crippen LogP contribution in [-0.2, 0) is 26.2 Å². The molecule has 3 aromatic rings. The normalized spacial score (nSPS) is 11.9. The van der Waals surface area contributed by atoms with Gasteiger partial charge in [0.1, 0.15) is 12.6 Å². The van der Waals surface area contributed by atoms with Crippen LogP contribution >= 0.6 is 0 Å². The van der Waals surface area contributed by atoms with Crippen LogP contribution in [0.4, 0.5) is 5.69 Å². The lowest BCUT2D eigenvalue weighted by Crippen LogP contribution is -2.51. The number of hydrogen-bond acceptors (Lipinski definition) is 4. The average molecular weight is 480 g/mol. The van der Waals surface area contributed by atoms with Gasteiger partial charge in [-0.05, 0) is 43.7 Å². The van der Waals surface area contributed by atoms with Crippen molar-refractivity contribution in [1.82, 2.24) is 10.2 Å². The molecule has 3 aromatic carbocycles. The molecule has 0 aliphatic carbocycles. The smallest absolute Gasteiger partial charge is 0.264 e. The molecule has 0 aliphatic rings. The first kappa shape index (κ1) is 25.0. The first-order chi connectivity index (χ1) is 16.3. The Hall–Kier alpha value is -3.65. The molecule has 34 heavy (non-hydrogen) atoms. The Morgan fingerprint density at radius 3 is 1.94 bits per heavy atom. The number of hydrogen-bond donors (Lipinski definition) is 1. The van der Waals surface area contributed by atoms with Crippen molar-refractivity contribution < 1.29 is 18.0 Å². The van der Waals surface area contributed by atoms with Crippen LogP contribution in [0.25, 0.3) is 0 Å². The molecule has 8 heteroatoms. The summed E-state index contributed by atoms with van der Waals surface area (Å²) in [5.74, 6) is -0.782. The maximum Gasteiger partial charge on any atom is 0.264 e. The second-order valence-corrected chi connectivity index (χ2v) is 9.60. The van der Waals surface area contributed by atoms with Gasteiger partial charge < -0.3 is 10.2 Å². The third-order valence-corrected chi connectivity index (χ3v) is 7.16. The Balaban J connectivity index is 1.98. The van der Waals surface area contributed by atoms with Crippen molar-refractivity contribution in [3.63, 3.8) is 0 Å². The van der Waals surface area contributed by atoms with E-state index in [9.17, 15) is 18.0 Å². The standard InChI is InChI=1S/C26H29N3O4S/c1-3-27-26(31)21(2)28(19-22-13-7-4-8-14-22)25(30)20-29(23-15-9-5-10-16-23)34(32,33)24-17-11-6-12-18-24/h4-18,21H,3,19-20H2,1-2H3,(H,27,31)/t21-/m1/s1. The first-order valence-corrected chi connectivity index (χ1v) is 12.5. The van der Waals surface area contributed by atoms with Crippen molar-refractivity contribution in [2.45, 2.75) is 31.3 Å². The molecule has 0 fully saturated rings. The van der Waals surface area contributed by atoms with Crippen molar-refractivity contribution >= 4 is 27.5 Å². The van der Waals surface area contributed by atoms with E-state index in [2.05, 4.69) is 5.32 Å². The summed E-state index contributed by atoms with van der Waals surface area (Å²) in [6, 6.07) is 25.0. The van der Waals surface area contributed by atoms with Crippen LogP contribution < -0.4 is 9.62 Å². The molecule has 0 radical (unpaired) electrons. The number of para-hydroxylation sites is 1. The molecule has 7 nitrogen and oxygen atoms in total. The van der Waals surface area contributed by atoms with Crippen molar-refractivity contribution in [2.75, 3.05) is 17.4 Å². The lowest BCUT2D eigenvalue weighted by molar-refractivity contribution is -0.139. The van der Waals surface area contributed by atoms with Gasteiger partial charge in [0.2, 0.25) is 11.8 Å². The van der Waals surface area contributed by atoms with Crippen LogP contribution in [0, 0.1) is 0 Å². The van der Waals surface area contributed by atoms with Gasteiger partial charge in [-0.3, -0.25) is 13.9 Å². The Labute approximate surface area is 201 Å². The number of nitrogens with zero attached hydrogens (tertiary/aromatic N) is 2. The van der Waals surface area contributed by atoms with E-state index in [1.54, 1.807) is 62.4 Å². The second kappa shape index (κ2) is 11.5. The molecule has 0 aliphatic heterocycles. The Bertz CT molecular complexity index is 1190. The molecule has 178 valence electrons. The highest BCUT2D eigenvalue weighted by Gasteiger charge is 2.32. The first-order valence-electron chi connectivity index (χ1n) is 11.1. The van der Waals surface area contributed by atoms with E-state index in [1.165, 1.54) is 17.0 Å². The highest BCUT2D eigenvalue weighted by atomic mass is 32.2. The number of amides is 2. The van der Waals surface area contributed by atoms with E-state index < -0.39 is 28.5 Å². The summed E-state index contributed by atoms with van der Waals surface area (Å²) >= 11 is 0. The quantitative estimate of drug-likeness (QED) is 0.483. The molecule has 0 bridgehead atoms. The maximum absolute atomic E-state index is 13.6. The van der Waals surface area contributed by atoms with Crippen LogP contribution in [-0.4, -0.2) is 44.3 Å². The number of benzene rings is 3. The molecule has 0 aromatic heterocycles. The largest absolute Gasteiger partial charge is 0.355 e. The monoisotopic (exact) mass is 479 g/mol. The molecule has 1 atom stereocenters. The summed E-state index contributed by atoms with van der Waals surface area (Å²) in [6.45, 7) is 3.60. The number of carbonyl (C=O) groups is 2. The van der Waals surface area contributed by atoms with Gasteiger partial charge in [0.05, 0.1) is 10.6 Å². The molecule has 0 heterocycles. The van der Waals surface area contributed by atoms with Gasteiger partial charge in [0.25, 0.3) is 10.0 Å². The Morgan fingerprint density at radius 1 is 0.853 bits per heavy atom. The topological polar surface area (TPSA) is 86.8 Å². The minimum Gasteiger partial charge on any atom is -0.355 e. The predicted octanol–water partition coefficient (Wildman–Crippen LogP) is 3.44. The summed E-state index contributed by atoms with van der Waals surface area (Å²) in [5.41, 5.74) is 1.20. The van der Waals surface area contributed by atoms with E-state index in [4.69, 9.17) is 0 Å². The average Bonchev–Trinajstić information content (AvgIpc) is 2.87. The van der Waals surface area contributed by atoms with Crippen molar-refractivity contribution in [3.05, 3.63) is 96.6 Å². The van der Waals surface area contributed by atoms with Gasteiger partial charge >= 0.3 is 0 Å². The number of anilines is 1. The van der Waals surface area contributed by atoms with Gasteiger partial charge in [0, 0.05) is 13.1 Å². The van der Waals surface area contributed by atoms with Gasteiger partial charge in [-0.2, -0.15) is 0 Å². The molecular formula is C26H29N3O4S. The second-order valence-electron chi connectivity index (χ2n) is 7.74. The molecule has 0 saturated carbocycles. The summed E-state index contributed by atoms with van der Waals surface area (Å²) in [4.78, 5) is 27.7. The van der Waals surface area contributed by atoms with E-state index >= 15 is 0 Å². The summed E-state index contributed by atoms with van der Waals surface area (Å²) in [5, 5.41) is 2.74. The highest BCUT2D eigenvalue weighted by molar-refractivity contribution is 7.92. The minimum absolute atomic E-state index is 0.0815. The zero-order chi connectivity index (χ0) is 24.6. The maximum atomic E-state index is 13.6. The van der Waals surface area contributed by atoms with E-state index in [1.807, 2.05) is 30.3 Å². The number of carbonyl (C=O) groups excluding carboxylic acids is 2.